The van der Waals surface area contributed by atoms with Crippen molar-refractivity contribution in [2.45, 2.75) is 6.54 Å². The number of hydrogen-bond donors (Lipinski definition) is 2. The molecular weight excluding hydrogens is 174 g/mol. The third kappa shape index (κ3) is 2.20. The Hall–Kier alpha value is -1.61. The van der Waals surface area contributed by atoms with Crippen LogP contribution in [0.1, 0.15) is 11.1 Å². The van der Waals surface area contributed by atoms with Gasteiger partial charge in [-0.2, -0.15) is 0 Å². The highest BCUT2D eigenvalue weighted by molar-refractivity contribution is 6.10. The third-order valence-corrected chi connectivity index (χ3v) is 2.00. The summed E-state index contributed by atoms with van der Waals surface area (Å²) in [5, 5.41) is 0. The van der Waals surface area contributed by atoms with Gasteiger partial charge >= 0.3 is 0 Å². The van der Waals surface area contributed by atoms with Crippen LogP contribution in [0.4, 0.5) is 0 Å². The molecule has 3 nitrogen and oxygen atoms in total. The Morgan fingerprint density at radius 1 is 1.43 bits per heavy atom. The molecule has 0 aliphatic rings. The minimum absolute atomic E-state index is 0.505. The van der Waals surface area contributed by atoms with Gasteiger partial charge < -0.3 is 11.5 Å². The molecule has 0 aliphatic heterocycles. The molecule has 1 aromatic carbocycles. The minimum Gasteiger partial charge on any atom is -0.404 e. The highest BCUT2D eigenvalue weighted by Gasteiger charge is 2.02. The van der Waals surface area contributed by atoms with Crippen molar-refractivity contribution in [1.82, 2.24) is 0 Å². The average Bonchev–Trinajstić information content (AvgIpc) is 2.26. The number of nitrogens with two attached hydrogens (primary N) is 2. The summed E-state index contributed by atoms with van der Waals surface area (Å²) in [6.45, 7) is 0.505. The van der Waals surface area contributed by atoms with Gasteiger partial charge in [-0.05, 0) is 11.1 Å². The van der Waals surface area contributed by atoms with Gasteiger partial charge in [-0.25, -0.2) is 0 Å². The van der Waals surface area contributed by atoms with Gasteiger partial charge in [-0.15, -0.1) is 0 Å². The Bertz CT molecular complexity index is 353. The number of aliphatic imine (C=N–C) groups is 1. The van der Waals surface area contributed by atoms with E-state index >= 15 is 0 Å². The van der Waals surface area contributed by atoms with Crippen LogP contribution in [0.15, 0.2) is 35.5 Å². The van der Waals surface area contributed by atoms with Gasteiger partial charge in [0.2, 0.25) is 0 Å². The monoisotopic (exact) mass is 189 g/mol. The summed E-state index contributed by atoms with van der Waals surface area (Å²) in [7, 11) is 1.72. The van der Waals surface area contributed by atoms with Crippen LogP contribution in [0.25, 0.3) is 5.57 Å². The smallest absolute Gasteiger partial charge is 0.0301 e. The molecule has 0 fully saturated rings. The Morgan fingerprint density at radius 3 is 2.71 bits per heavy atom. The Labute approximate surface area is 84.1 Å². The quantitative estimate of drug-likeness (QED) is 0.700. The molecule has 0 saturated heterocycles. The first-order valence-electron chi connectivity index (χ1n) is 4.46. The van der Waals surface area contributed by atoms with Crippen LogP contribution >= 0.6 is 0 Å². The number of allylic oxidation sites excluding steroid dienone is 1. The van der Waals surface area contributed by atoms with E-state index in [2.05, 4.69) is 4.99 Å². The van der Waals surface area contributed by atoms with Crippen molar-refractivity contribution in [2.24, 2.45) is 16.5 Å². The number of rotatable bonds is 3. The van der Waals surface area contributed by atoms with E-state index < -0.39 is 0 Å². The zero-order chi connectivity index (χ0) is 10.4. The van der Waals surface area contributed by atoms with Crippen LogP contribution in [0.2, 0.25) is 0 Å². The van der Waals surface area contributed by atoms with Gasteiger partial charge in [0.15, 0.2) is 0 Å². The predicted molar refractivity (Wildman–Crippen MR) is 60.9 cm³/mol. The SMILES string of the molecule is CN=CC(=CN)c1ccccc1CN. The Kier molecular flexibility index (Phi) is 3.88. The van der Waals surface area contributed by atoms with Crippen LogP contribution in [0, 0.1) is 0 Å². The molecule has 0 spiro atoms. The summed E-state index contributed by atoms with van der Waals surface area (Å²) in [6.07, 6.45) is 3.27. The van der Waals surface area contributed by atoms with E-state index in [1.807, 2.05) is 24.3 Å². The van der Waals surface area contributed by atoms with Crippen LogP contribution < -0.4 is 11.5 Å². The molecule has 0 aliphatic carbocycles. The van der Waals surface area contributed by atoms with E-state index in [1.165, 1.54) is 0 Å². The van der Waals surface area contributed by atoms with E-state index in [0.717, 1.165) is 16.7 Å². The fraction of sp³-hybridized carbons (Fsp3) is 0.182. The van der Waals surface area contributed by atoms with E-state index in [1.54, 1.807) is 19.5 Å². The van der Waals surface area contributed by atoms with Crippen LogP contribution in [0.5, 0.6) is 0 Å². The highest BCUT2D eigenvalue weighted by atomic mass is 14.6. The zero-order valence-corrected chi connectivity index (χ0v) is 8.27. The molecular formula is C11H15N3. The Morgan fingerprint density at radius 2 is 2.14 bits per heavy atom. The second-order valence-electron chi connectivity index (χ2n) is 2.87. The molecule has 0 bridgehead atoms. The first kappa shape index (κ1) is 10.5. The maximum absolute atomic E-state index is 5.63. The molecule has 0 atom stereocenters. The van der Waals surface area contributed by atoms with Gasteiger partial charge in [0.25, 0.3) is 0 Å². The molecule has 4 N–H and O–H groups in total. The minimum atomic E-state index is 0.505. The standard InChI is InChI=1S/C11H15N3/c1-14-8-10(7-13)11-5-3-2-4-9(11)6-12/h2-5,7-8H,6,12-13H2,1H3. The van der Waals surface area contributed by atoms with Gasteiger partial charge in [0.05, 0.1) is 0 Å². The number of benzene rings is 1. The second kappa shape index (κ2) is 5.19. The van der Waals surface area contributed by atoms with Gasteiger partial charge in [0, 0.05) is 31.6 Å². The molecule has 1 aromatic rings. The van der Waals surface area contributed by atoms with E-state index in [0.29, 0.717) is 6.54 Å². The summed E-state index contributed by atoms with van der Waals surface area (Å²) in [5.41, 5.74) is 14.2. The first-order chi connectivity index (χ1) is 6.83. The van der Waals surface area contributed by atoms with Crippen molar-refractivity contribution in [3.8, 4) is 0 Å². The van der Waals surface area contributed by atoms with Gasteiger partial charge in [0.1, 0.15) is 0 Å². The van der Waals surface area contributed by atoms with Crippen LogP contribution in [0.3, 0.4) is 0 Å². The topological polar surface area (TPSA) is 64.4 Å². The fourth-order valence-corrected chi connectivity index (χ4v) is 1.32. The summed E-state index contributed by atoms with van der Waals surface area (Å²) >= 11 is 0. The average molecular weight is 189 g/mol. The molecule has 1 rings (SSSR count). The molecule has 0 saturated carbocycles. The van der Waals surface area contributed by atoms with Gasteiger partial charge in [-0.1, -0.05) is 24.3 Å². The molecule has 3 heteroatoms. The lowest BCUT2D eigenvalue weighted by atomic mass is 10.0. The van der Waals surface area contributed by atoms with Crippen molar-refractivity contribution >= 4 is 11.8 Å². The molecule has 0 heterocycles. The summed E-state index contributed by atoms with van der Waals surface area (Å²) in [5.74, 6) is 0. The molecule has 74 valence electrons. The van der Waals surface area contributed by atoms with Crippen molar-refractivity contribution in [2.75, 3.05) is 7.05 Å². The van der Waals surface area contributed by atoms with Crippen molar-refractivity contribution in [1.29, 1.82) is 0 Å². The normalized spacial score (nSPS) is 12.3. The van der Waals surface area contributed by atoms with Gasteiger partial charge in [-0.3, -0.25) is 4.99 Å². The van der Waals surface area contributed by atoms with E-state index in [-0.39, 0.29) is 0 Å². The maximum atomic E-state index is 5.63. The predicted octanol–water partition coefficient (Wildman–Crippen LogP) is 1.15. The largest absolute Gasteiger partial charge is 0.404 e. The lowest BCUT2D eigenvalue weighted by Crippen LogP contribution is -2.02. The number of nitrogens with zero attached hydrogens (tertiary/aromatic N) is 1. The van der Waals surface area contributed by atoms with Crippen molar-refractivity contribution in [3.05, 3.63) is 41.6 Å². The first-order valence-corrected chi connectivity index (χ1v) is 4.46. The second-order valence-corrected chi connectivity index (χ2v) is 2.87. The Balaban J connectivity index is 3.16. The van der Waals surface area contributed by atoms with Crippen LogP contribution in [-0.2, 0) is 6.54 Å². The molecule has 0 amide bonds. The highest BCUT2D eigenvalue weighted by Crippen LogP contribution is 2.16. The lowest BCUT2D eigenvalue weighted by Gasteiger charge is -2.06. The van der Waals surface area contributed by atoms with Crippen LogP contribution in [-0.4, -0.2) is 13.3 Å². The molecule has 0 unspecified atom stereocenters. The summed E-state index contributed by atoms with van der Waals surface area (Å²) in [6, 6.07) is 7.90. The van der Waals surface area contributed by atoms with Crippen molar-refractivity contribution in [3.63, 3.8) is 0 Å². The zero-order valence-electron chi connectivity index (χ0n) is 8.27. The molecule has 0 radical (unpaired) electrons. The number of hydrogen-bond acceptors (Lipinski definition) is 3. The molecule has 14 heavy (non-hydrogen) atoms. The fourth-order valence-electron chi connectivity index (χ4n) is 1.32. The van der Waals surface area contributed by atoms with Crippen molar-refractivity contribution < 1.29 is 0 Å². The molecule has 0 aromatic heterocycles. The third-order valence-electron chi connectivity index (χ3n) is 2.00. The summed E-state index contributed by atoms with van der Waals surface area (Å²) < 4.78 is 0. The maximum Gasteiger partial charge on any atom is 0.0301 e. The van der Waals surface area contributed by atoms with E-state index in [4.69, 9.17) is 11.5 Å². The lowest BCUT2D eigenvalue weighted by molar-refractivity contribution is 1.06. The summed E-state index contributed by atoms with van der Waals surface area (Å²) in [4.78, 5) is 3.94. The van der Waals surface area contributed by atoms with E-state index in [9.17, 15) is 0 Å².